The zero-order valence-electron chi connectivity index (χ0n) is 17.2. The summed E-state index contributed by atoms with van der Waals surface area (Å²) in [4.78, 5) is 27.2. The molecule has 2 aromatic rings. The van der Waals surface area contributed by atoms with Crippen molar-refractivity contribution in [3.05, 3.63) is 70.8 Å². The Bertz CT molecular complexity index is 870. The number of piperidine rings is 1. The van der Waals surface area contributed by atoms with Crippen LogP contribution in [0.1, 0.15) is 65.7 Å². The summed E-state index contributed by atoms with van der Waals surface area (Å²) in [6.07, 6.45) is 6.32. The number of fused-ring (bicyclic) bond motifs is 1. The number of amides is 2. The van der Waals surface area contributed by atoms with Gasteiger partial charge in [-0.1, -0.05) is 48.5 Å². The second kappa shape index (κ2) is 8.81. The van der Waals surface area contributed by atoms with Crippen LogP contribution >= 0.6 is 0 Å². The maximum atomic E-state index is 12.7. The minimum atomic E-state index is -0.0270. The van der Waals surface area contributed by atoms with Crippen molar-refractivity contribution in [2.45, 2.75) is 51.5 Å². The van der Waals surface area contributed by atoms with E-state index in [9.17, 15) is 9.59 Å². The lowest BCUT2D eigenvalue weighted by molar-refractivity contribution is 0.0853. The molecule has 0 bridgehead atoms. The summed E-state index contributed by atoms with van der Waals surface area (Å²) < 4.78 is 0. The number of urea groups is 1. The van der Waals surface area contributed by atoms with E-state index in [1.54, 1.807) is 0 Å². The number of nitrogens with zero attached hydrogens (tertiary/aromatic N) is 1. The summed E-state index contributed by atoms with van der Waals surface area (Å²) in [5.74, 6) is 0.215. The van der Waals surface area contributed by atoms with E-state index in [0.717, 1.165) is 24.8 Å². The number of rotatable bonds is 4. The van der Waals surface area contributed by atoms with Gasteiger partial charge in [0, 0.05) is 24.6 Å². The fraction of sp³-hybridized carbons (Fsp3) is 0.440. The molecular weight excluding hydrogens is 360 g/mol. The van der Waals surface area contributed by atoms with Gasteiger partial charge in [0.2, 0.25) is 0 Å². The Balaban J connectivity index is 1.31. The standard InChI is InChI=1S/C25H30N2O2/c1-18(22-12-11-19-7-5-6-10-23(19)17-22)26-25(29)27-15-13-21(14-16-27)24(28)20-8-3-2-4-9-20/h2-4,8-9,11-12,17-18,21H,5-7,10,13-16H2,1H3,(H,26,29). The van der Waals surface area contributed by atoms with Gasteiger partial charge in [0.15, 0.2) is 5.78 Å². The lowest BCUT2D eigenvalue weighted by atomic mass is 9.89. The normalized spacial score (nSPS) is 18.0. The highest BCUT2D eigenvalue weighted by molar-refractivity contribution is 5.98. The van der Waals surface area contributed by atoms with Crippen LogP contribution in [0.4, 0.5) is 4.79 Å². The fourth-order valence-electron chi connectivity index (χ4n) is 4.57. The number of Topliss-reactive ketones (excluding diaryl/α,β-unsaturated/α-hetero) is 1. The van der Waals surface area contributed by atoms with Crippen LogP contribution in [-0.4, -0.2) is 29.8 Å². The fourth-order valence-corrected chi connectivity index (χ4v) is 4.57. The van der Waals surface area contributed by atoms with E-state index in [0.29, 0.717) is 13.1 Å². The molecule has 1 heterocycles. The second-order valence-electron chi connectivity index (χ2n) is 8.40. The molecule has 29 heavy (non-hydrogen) atoms. The predicted molar refractivity (Wildman–Crippen MR) is 115 cm³/mol. The van der Waals surface area contributed by atoms with Crippen molar-refractivity contribution >= 4 is 11.8 Å². The van der Waals surface area contributed by atoms with E-state index in [-0.39, 0.29) is 23.8 Å². The average Bonchev–Trinajstić information content (AvgIpc) is 2.79. The van der Waals surface area contributed by atoms with Gasteiger partial charge in [0.25, 0.3) is 0 Å². The van der Waals surface area contributed by atoms with Crippen molar-refractivity contribution in [3.63, 3.8) is 0 Å². The van der Waals surface area contributed by atoms with E-state index in [2.05, 4.69) is 23.5 Å². The Labute approximate surface area is 173 Å². The Morgan fingerprint density at radius 3 is 2.38 bits per heavy atom. The van der Waals surface area contributed by atoms with Crippen LogP contribution in [-0.2, 0) is 12.8 Å². The van der Waals surface area contributed by atoms with Crippen LogP contribution in [0, 0.1) is 5.92 Å². The van der Waals surface area contributed by atoms with Crippen LogP contribution in [0.25, 0.3) is 0 Å². The maximum Gasteiger partial charge on any atom is 0.317 e. The van der Waals surface area contributed by atoms with Gasteiger partial charge in [-0.3, -0.25) is 4.79 Å². The number of likely N-dealkylation sites (tertiary alicyclic amines) is 1. The first-order valence-electron chi connectivity index (χ1n) is 10.9. The molecular formula is C25H30N2O2. The summed E-state index contributed by atoms with van der Waals surface area (Å²) in [5, 5.41) is 3.15. The molecule has 0 spiro atoms. The molecule has 1 saturated heterocycles. The SMILES string of the molecule is CC(NC(=O)N1CCC(C(=O)c2ccccc2)CC1)c1ccc2c(c1)CCCC2. The van der Waals surface area contributed by atoms with Gasteiger partial charge in [-0.25, -0.2) is 4.79 Å². The molecule has 4 heteroatoms. The minimum Gasteiger partial charge on any atom is -0.331 e. The topological polar surface area (TPSA) is 49.4 Å². The number of ketones is 1. The van der Waals surface area contributed by atoms with Gasteiger partial charge in [-0.2, -0.15) is 0 Å². The Morgan fingerprint density at radius 1 is 0.966 bits per heavy atom. The van der Waals surface area contributed by atoms with Crippen molar-refractivity contribution in [3.8, 4) is 0 Å². The second-order valence-corrected chi connectivity index (χ2v) is 8.40. The highest BCUT2D eigenvalue weighted by atomic mass is 16.2. The van der Waals surface area contributed by atoms with E-state index >= 15 is 0 Å². The number of carbonyl (C=O) groups excluding carboxylic acids is 2. The number of carbonyl (C=O) groups is 2. The summed E-state index contributed by atoms with van der Waals surface area (Å²) in [5.41, 5.74) is 4.85. The molecule has 0 radical (unpaired) electrons. The zero-order valence-corrected chi connectivity index (χ0v) is 17.2. The predicted octanol–water partition coefficient (Wildman–Crippen LogP) is 4.93. The maximum absolute atomic E-state index is 12.7. The molecule has 1 fully saturated rings. The first kappa shape index (κ1) is 19.7. The third-order valence-corrected chi connectivity index (χ3v) is 6.42. The monoisotopic (exact) mass is 390 g/mol. The quantitative estimate of drug-likeness (QED) is 0.753. The van der Waals surface area contributed by atoms with Crippen LogP contribution < -0.4 is 5.32 Å². The van der Waals surface area contributed by atoms with Crippen LogP contribution in [0.3, 0.4) is 0 Å². The number of nitrogens with one attached hydrogen (secondary N) is 1. The molecule has 152 valence electrons. The summed E-state index contributed by atoms with van der Waals surface area (Å²) >= 11 is 0. The van der Waals surface area contributed by atoms with E-state index in [4.69, 9.17) is 0 Å². The number of hydrogen-bond donors (Lipinski definition) is 1. The molecule has 2 amide bonds. The third-order valence-electron chi connectivity index (χ3n) is 6.42. The molecule has 1 aliphatic carbocycles. The van der Waals surface area contributed by atoms with Crippen molar-refractivity contribution in [1.82, 2.24) is 10.2 Å². The average molecular weight is 391 g/mol. The molecule has 1 atom stereocenters. The Morgan fingerprint density at radius 2 is 1.66 bits per heavy atom. The van der Waals surface area contributed by atoms with Gasteiger partial charge in [-0.15, -0.1) is 0 Å². The highest BCUT2D eigenvalue weighted by Gasteiger charge is 2.28. The molecule has 0 aromatic heterocycles. The van der Waals surface area contributed by atoms with Gasteiger partial charge in [-0.05, 0) is 62.1 Å². The van der Waals surface area contributed by atoms with Crippen molar-refractivity contribution in [1.29, 1.82) is 0 Å². The Kier molecular flexibility index (Phi) is 5.98. The smallest absolute Gasteiger partial charge is 0.317 e. The van der Waals surface area contributed by atoms with E-state index in [1.165, 1.54) is 36.0 Å². The molecule has 4 nitrogen and oxygen atoms in total. The van der Waals surface area contributed by atoms with E-state index in [1.807, 2.05) is 42.2 Å². The lowest BCUT2D eigenvalue weighted by Gasteiger charge is -2.32. The van der Waals surface area contributed by atoms with Gasteiger partial charge in [0.1, 0.15) is 0 Å². The molecule has 2 aromatic carbocycles. The summed E-state index contributed by atoms with van der Waals surface area (Å²) in [6.45, 7) is 3.31. The molecule has 1 aliphatic heterocycles. The molecule has 2 aliphatic rings. The first-order valence-corrected chi connectivity index (χ1v) is 10.9. The number of benzene rings is 2. The molecule has 1 unspecified atom stereocenters. The summed E-state index contributed by atoms with van der Waals surface area (Å²) in [6, 6.07) is 16.1. The van der Waals surface area contributed by atoms with Crippen molar-refractivity contribution in [2.75, 3.05) is 13.1 Å². The third kappa shape index (κ3) is 4.52. The van der Waals surface area contributed by atoms with Crippen LogP contribution in [0.2, 0.25) is 0 Å². The van der Waals surface area contributed by atoms with Crippen LogP contribution in [0.15, 0.2) is 48.5 Å². The van der Waals surface area contributed by atoms with Gasteiger partial charge in [0.05, 0.1) is 6.04 Å². The lowest BCUT2D eigenvalue weighted by Crippen LogP contribution is -2.46. The Hall–Kier alpha value is -2.62. The first-order chi connectivity index (χ1) is 14.1. The summed E-state index contributed by atoms with van der Waals surface area (Å²) in [7, 11) is 0. The minimum absolute atomic E-state index is 0.0134. The highest BCUT2D eigenvalue weighted by Crippen LogP contribution is 2.26. The van der Waals surface area contributed by atoms with Gasteiger partial charge < -0.3 is 10.2 Å². The van der Waals surface area contributed by atoms with Crippen LogP contribution in [0.5, 0.6) is 0 Å². The van der Waals surface area contributed by atoms with Crippen molar-refractivity contribution < 1.29 is 9.59 Å². The van der Waals surface area contributed by atoms with Crippen molar-refractivity contribution in [2.24, 2.45) is 5.92 Å². The number of hydrogen-bond acceptors (Lipinski definition) is 2. The van der Waals surface area contributed by atoms with E-state index < -0.39 is 0 Å². The molecule has 4 rings (SSSR count). The molecule has 0 saturated carbocycles. The largest absolute Gasteiger partial charge is 0.331 e. The molecule has 1 N–H and O–H groups in total. The zero-order chi connectivity index (χ0) is 20.2. The van der Waals surface area contributed by atoms with Gasteiger partial charge >= 0.3 is 6.03 Å². The number of aryl methyl sites for hydroxylation is 2.